The van der Waals surface area contributed by atoms with Crippen molar-refractivity contribution in [3.63, 3.8) is 0 Å². The van der Waals surface area contributed by atoms with E-state index in [4.69, 9.17) is 0 Å². The first-order valence-electron chi connectivity index (χ1n) is 8.65. The fourth-order valence-electron chi connectivity index (χ4n) is 2.57. The lowest BCUT2D eigenvalue weighted by Crippen LogP contribution is -2.34. The number of nitrogens with one attached hydrogen (secondary N) is 1. The van der Waals surface area contributed by atoms with E-state index in [0.717, 1.165) is 3.39 Å². The molecule has 0 aromatic heterocycles. The minimum Gasteiger partial charge on any atom is -0.350 e. The molecule has 25 heavy (non-hydrogen) atoms. The number of hydrogen-bond donors (Lipinski definition) is 1. The highest BCUT2D eigenvalue weighted by molar-refractivity contribution is 9.28. The molecule has 1 aliphatic carbocycles. The molecule has 0 saturated heterocycles. The van der Waals surface area contributed by atoms with Gasteiger partial charge in [0.1, 0.15) is 0 Å². The van der Waals surface area contributed by atoms with Gasteiger partial charge in [0.05, 0.1) is 3.39 Å². The number of carbonyl (C=O) groups is 1. The quantitative estimate of drug-likeness (QED) is 0.378. The first-order valence-corrected chi connectivity index (χ1v) is 10.2. The van der Waals surface area contributed by atoms with Gasteiger partial charge in [-0.05, 0) is 80.2 Å². The van der Waals surface area contributed by atoms with Crippen molar-refractivity contribution in [3.05, 3.63) is 63.1 Å². The summed E-state index contributed by atoms with van der Waals surface area (Å²) in [7, 11) is 0. The molecule has 134 valence electrons. The van der Waals surface area contributed by atoms with E-state index >= 15 is 0 Å². The maximum atomic E-state index is 11.8. The number of allylic oxidation sites excluding steroid dienone is 3. The monoisotopic (exact) mass is 465 g/mol. The van der Waals surface area contributed by atoms with Crippen molar-refractivity contribution < 1.29 is 4.79 Å². The number of carbonyl (C=O) groups excluding carboxylic acids is 1. The van der Waals surface area contributed by atoms with Gasteiger partial charge in [0.15, 0.2) is 0 Å². The van der Waals surface area contributed by atoms with Crippen molar-refractivity contribution in [1.29, 1.82) is 0 Å². The normalized spacial score (nSPS) is 20.9. The zero-order valence-electron chi connectivity index (χ0n) is 14.9. The van der Waals surface area contributed by atoms with Crippen molar-refractivity contribution in [1.82, 2.24) is 5.32 Å². The van der Waals surface area contributed by atoms with Gasteiger partial charge in [0, 0.05) is 12.1 Å². The minimum atomic E-state index is -0.0280. The molecule has 1 aliphatic rings. The van der Waals surface area contributed by atoms with Gasteiger partial charge >= 0.3 is 0 Å². The Labute approximate surface area is 167 Å². The third-order valence-electron chi connectivity index (χ3n) is 4.57. The smallest absolute Gasteiger partial charge is 0.244 e. The van der Waals surface area contributed by atoms with Gasteiger partial charge < -0.3 is 5.32 Å². The Morgan fingerprint density at radius 2 is 1.84 bits per heavy atom. The van der Waals surface area contributed by atoms with Crippen molar-refractivity contribution in [2.75, 3.05) is 0 Å². The van der Waals surface area contributed by atoms with E-state index in [1.807, 2.05) is 25.2 Å². The van der Waals surface area contributed by atoms with Crippen LogP contribution < -0.4 is 5.32 Å². The second kappa shape index (κ2) is 9.54. The molecule has 0 heterocycles. The predicted molar refractivity (Wildman–Crippen MR) is 114 cm³/mol. The van der Waals surface area contributed by atoms with Crippen LogP contribution >= 0.6 is 31.9 Å². The average Bonchev–Trinajstić information content (AvgIpc) is 3.31. The lowest BCUT2D eigenvalue weighted by molar-refractivity contribution is -0.117. The summed E-state index contributed by atoms with van der Waals surface area (Å²) in [5, 5.41) is 2.97. The Morgan fingerprint density at radius 1 is 1.16 bits per heavy atom. The number of benzene rings is 1. The van der Waals surface area contributed by atoms with Crippen LogP contribution in [0.25, 0.3) is 6.08 Å². The predicted octanol–water partition coefficient (Wildman–Crippen LogP) is 6.15. The summed E-state index contributed by atoms with van der Waals surface area (Å²) < 4.78 is 0.943. The summed E-state index contributed by atoms with van der Waals surface area (Å²) in [6, 6.07) is 8.86. The molecule has 0 bridgehead atoms. The first-order chi connectivity index (χ1) is 11.9. The molecule has 1 N–H and O–H groups in total. The molecular weight excluding hydrogens is 442 g/mol. The molecule has 1 unspecified atom stereocenters. The highest BCUT2D eigenvalue weighted by Gasteiger charge is 2.35. The van der Waals surface area contributed by atoms with E-state index < -0.39 is 0 Å². The van der Waals surface area contributed by atoms with Crippen LogP contribution in [0.2, 0.25) is 0 Å². The van der Waals surface area contributed by atoms with Crippen molar-refractivity contribution >= 4 is 43.8 Å². The second-order valence-corrected chi connectivity index (χ2v) is 9.66. The van der Waals surface area contributed by atoms with E-state index in [1.54, 1.807) is 6.08 Å². The highest BCUT2D eigenvalue weighted by Crippen LogP contribution is 2.48. The van der Waals surface area contributed by atoms with Gasteiger partial charge in [-0.15, -0.1) is 0 Å². The number of amides is 1. The molecule has 0 aliphatic heterocycles. The van der Waals surface area contributed by atoms with E-state index in [9.17, 15) is 4.79 Å². The maximum Gasteiger partial charge on any atom is 0.244 e. The summed E-state index contributed by atoms with van der Waals surface area (Å²) >= 11 is 6.76. The topological polar surface area (TPSA) is 29.1 Å². The molecule has 4 heteroatoms. The summed E-state index contributed by atoms with van der Waals surface area (Å²) in [5.41, 5.74) is 2.55. The lowest BCUT2D eigenvalue weighted by atomic mass is 10.1. The zero-order valence-corrected chi connectivity index (χ0v) is 18.0. The summed E-state index contributed by atoms with van der Waals surface area (Å²) in [4.78, 5) is 11.8. The largest absolute Gasteiger partial charge is 0.350 e. The van der Waals surface area contributed by atoms with Gasteiger partial charge in [-0.3, -0.25) is 4.79 Å². The average molecular weight is 467 g/mol. The third kappa shape index (κ3) is 6.95. The van der Waals surface area contributed by atoms with Crippen LogP contribution in [0.1, 0.15) is 44.2 Å². The maximum absolute atomic E-state index is 11.8. The van der Waals surface area contributed by atoms with E-state index in [-0.39, 0.29) is 11.9 Å². The standard InChI is InChI=1S/C21H25Br2NO/c1-14(2)15(3)24-21(25)7-5-4-6-18-13-19(18)17-10-8-16(9-11-17)12-20(22)23/h4-12,14-15,18-19H,13H2,1-3H3,(H,24,25)/b6-4+,7-5+/t15?,18-,19+/m1/s1. The summed E-state index contributed by atoms with van der Waals surface area (Å²) in [6.45, 7) is 6.23. The summed E-state index contributed by atoms with van der Waals surface area (Å²) in [6.07, 6.45) is 10.8. The Balaban J connectivity index is 1.80. The molecule has 1 amide bonds. The third-order valence-corrected chi connectivity index (χ3v) is 5.02. The van der Waals surface area contributed by atoms with E-state index in [1.165, 1.54) is 17.5 Å². The summed E-state index contributed by atoms with van der Waals surface area (Å²) in [5.74, 6) is 1.59. The molecule has 1 saturated carbocycles. The van der Waals surface area contributed by atoms with Crippen LogP contribution in [-0.2, 0) is 4.79 Å². The van der Waals surface area contributed by atoms with Crippen molar-refractivity contribution in [3.8, 4) is 0 Å². The van der Waals surface area contributed by atoms with Gasteiger partial charge in [-0.1, -0.05) is 56.3 Å². The van der Waals surface area contributed by atoms with E-state index in [2.05, 4.69) is 81.4 Å². The van der Waals surface area contributed by atoms with Gasteiger partial charge in [0.25, 0.3) is 0 Å². The Kier molecular flexibility index (Phi) is 7.70. The Bertz CT molecular complexity index is 670. The van der Waals surface area contributed by atoms with Crippen molar-refractivity contribution in [2.45, 2.75) is 39.2 Å². The number of rotatable bonds is 7. The first kappa shape index (κ1) is 20.2. The van der Waals surface area contributed by atoms with Crippen LogP contribution in [0.15, 0.2) is 52.0 Å². The van der Waals surface area contributed by atoms with Gasteiger partial charge in [-0.2, -0.15) is 0 Å². The minimum absolute atomic E-state index is 0.0280. The van der Waals surface area contributed by atoms with Crippen LogP contribution in [-0.4, -0.2) is 11.9 Å². The van der Waals surface area contributed by atoms with Crippen LogP contribution in [0.4, 0.5) is 0 Å². The molecule has 1 fully saturated rings. The van der Waals surface area contributed by atoms with Crippen LogP contribution in [0.3, 0.4) is 0 Å². The van der Waals surface area contributed by atoms with Crippen LogP contribution in [0.5, 0.6) is 0 Å². The zero-order chi connectivity index (χ0) is 18.4. The van der Waals surface area contributed by atoms with Gasteiger partial charge in [-0.25, -0.2) is 0 Å². The fourth-order valence-corrected chi connectivity index (χ4v) is 3.09. The lowest BCUT2D eigenvalue weighted by Gasteiger charge is -2.15. The Hall–Kier alpha value is -1.13. The molecule has 3 atom stereocenters. The molecule has 0 spiro atoms. The molecule has 0 radical (unpaired) electrons. The van der Waals surface area contributed by atoms with E-state index in [0.29, 0.717) is 17.8 Å². The van der Waals surface area contributed by atoms with Gasteiger partial charge in [0.2, 0.25) is 5.91 Å². The molecule has 2 rings (SSSR count). The second-order valence-electron chi connectivity index (χ2n) is 6.89. The molecule has 1 aromatic carbocycles. The fraction of sp³-hybridized carbons (Fsp3) is 0.381. The molecule has 2 nitrogen and oxygen atoms in total. The Morgan fingerprint density at radius 3 is 2.44 bits per heavy atom. The number of halogens is 2. The molecular formula is C21H25Br2NO. The SMILES string of the molecule is CC(C)C(C)NC(=O)/C=C/C=C/[C@@H]1C[C@H]1c1ccc(C=C(Br)Br)cc1. The van der Waals surface area contributed by atoms with Crippen LogP contribution in [0, 0.1) is 11.8 Å². The molecule has 1 aromatic rings. The highest BCUT2D eigenvalue weighted by atomic mass is 79.9. The van der Waals surface area contributed by atoms with Crippen molar-refractivity contribution in [2.24, 2.45) is 11.8 Å². The number of hydrogen-bond acceptors (Lipinski definition) is 1.